The number of nitro benzene ring substituents is 1. The fourth-order valence-electron chi connectivity index (χ4n) is 5.95. The Morgan fingerprint density at radius 2 is 1.44 bits per heavy atom. The fourth-order valence-corrected chi connectivity index (χ4v) is 5.95. The minimum atomic E-state index is -0.653. The van der Waals surface area contributed by atoms with Crippen LogP contribution in [-0.4, -0.2) is 22.8 Å². The number of fused-ring (bicyclic) bond motifs is 2. The first-order chi connectivity index (χ1) is 22.1. The van der Waals surface area contributed by atoms with Crippen molar-refractivity contribution in [2.24, 2.45) is 10.2 Å². The third-order valence-corrected chi connectivity index (χ3v) is 8.05. The van der Waals surface area contributed by atoms with Crippen molar-refractivity contribution in [3.05, 3.63) is 166 Å². The lowest BCUT2D eigenvalue weighted by Gasteiger charge is -2.26. The Morgan fingerprint density at radius 1 is 0.822 bits per heavy atom. The van der Waals surface area contributed by atoms with Gasteiger partial charge in [0.15, 0.2) is 0 Å². The van der Waals surface area contributed by atoms with Gasteiger partial charge in [0, 0.05) is 12.5 Å². The van der Waals surface area contributed by atoms with Gasteiger partial charge in [-0.05, 0) is 62.5 Å². The molecule has 0 radical (unpaired) electrons. The van der Waals surface area contributed by atoms with Crippen molar-refractivity contribution in [3.63, 3.8) is 0 Å². The monoisotopic (exact) mass is 589 g/mol. The highest BCUT2D eigenvalue weighted by atomic mass is 16.6. The molecule has 0 bridgehead atoms. The van der Waals surface area contributed by atoms with Crippen molar-refractivity contribution in [1.29, 1.82) is 0 Å². The molecule has 1 aliphatic heterocycles. The van der Waals surface area contributed by atoms with Crippen molar-refractivity contribution in [3.8, 4) is 0 Å². The summed E-state index contributed by atoms with van der Waals surface area (Å²) < 4.78 is 0. The average Bonchev–Trinajstić information content (AvgIpc) is 3.53. The number of rotatable bonds is 7. The van der Waals surface area contributed by atoms with E-state index in [9.17, 15) is 14.9 Å². The van der Waals surface area contributed by atoms with Crippen LogP contribution in [0.25, 0.3) is 21.5 Å². The summed E-state index contributed by atoms with van der Waals surface area (Å²) in [6, 6.07) is 43.0. The van der Waals surface area contributed by atoms with Gasteiger partial charge in [-0.1, -0.05) is 103 Å². The highest BCUT2D eigenvalue weighted by Crippen LogP contribution is 2.43. The number of para-hydroxylation sites is 1. The van der Waals surface area contributed by atoms with Gasteiger partial charge in [-0.3, -0.25) is 19.9 Å². The molecule has 1 heterocycles. The van der Waals surface area contributed by atoms with E-state index in [4.69, 9.17) is 5.10 Å². The Bertz CT molecular complexity index is 2070. The van der Waals surface area contributed by atoms with E-state index < -0.39 is 10.8 Å². The highest BCUT2D eigenvalue weighted by molar-refractivity contribution is 6.07. The standard InChI is InChI=1S/C37H27N5O3/c43-37(32-16-8-9-17-34(32)42(44)45)39-38-24-25-18-20-29(21-19-25)41-35(23-33(40-41)26-10-2-1-3-11-26)36-30-14-6-4-12-27(30)22-28-13-5-7-15-31(28)36/h1-22,24,35H,23H2,(H,39,43)/b38-24+. The molecule has 1 amide bonds. The number of nitro groups is 1. The zero-order valence-corrected chi connectivity index (χ0v) is 24.1. The number of anilines is 1. The molecule has 218 valence electrons. The van der Waals surface area contributed by atoms with E-state index in [1.165, 1.54) is 51.5 Å². The third-order valence-electron chi connectivity index (χ3n) is 8.05. The van der Waals surface area contributed by atoms with Gasteiger partial charge in [0.05, 0.1) is 28.6 Å². The van der Waals surface area contributed by atoms with Crippen molar-refractivity contribution in [2.75, 3.05) is 5.01 Å². The van der Waals surface area contributed by atoms with E-state index >= 15 is 0 Å². The van der Waals surface area contributed by atoms with Crippen LogP contribution in [0.2, 0.25) is 0 Å². The molecule has 45 heavy (non-hydrogen) atoms. The van der Waals surface area contributed by atoms with Crippen LogP contribution in [0.1, 0.15) is 39.5 Å². The first-order valence-electron chi connectivity index (χ1n) is 14.6. The van der Waals surface area contributed by atoms with Crippen LogP contribution < -0.4 is 10.4 Å². The van der Waals surface area contributed by atoms with Crippen LogP contribution in [0.5, 0.6) is 0 Å². The lowest BCUT2D eigenvalue weighted by atomic mass is 9.89. The second kappa shape index (κ2) is 11.9. The van der Waals surface area contributed by atoms with Gasteiger partial charge >= 0.3 is 0 Å². The molecule has 8 heteroatoms. The molecule has 0 saturated heterocycles. The molecule has 1 atom stereocenters. The maximum absolute atomic E-state index is 12.5. The lowest BCUT2D eigenvalue weighted by Crippen LogP contribution is -2.19. The molecule has 6 aromatic rings. The van der Waals surface area contributed by atoms with Crippen LogP contribution in [0.15, 0.2) is 144 Å². The summed E-state index contributed by atoms with van der Waals surface area (Å²) in [4.78, 5) is 23.2. The zero-order valence-electron chi connectivity index (χ0n) is 24.1. The number of hydrogen-bond donors (Lipinski definition) is 1. The SMILES string of the molecule is O=C(N/N=C/c1ccc(N2N=C(c3ccccc3)CC2c2c3ccccc3cc3ccccc23)cc1)c1ccccc1[N+](=O)[O-]. The molecule has 8 nitrogen and oxygen atoms in total. The molecule has 0 fully saturated rings. The average molecular weight is 590 g/mol. The minimum absolute atomic E-state index is 0.0447. The predicted octanol–water partition coefficient (Wildman–Crippen LogP) is 8.02. The summed E-state index contributed by atoms with van der Waals surface area (Å²) in [6.45, 7) is 0. The quantitative estimate of drug-likeness (QED) is 0.0882. The predicted molar refractivity (Wildman–Crippen MR) is 179 cm³/mol. The molecular weight excluding hydrogens is 562 g/mol. The number of carbonyl (C=O) groups excluding carboxylic acids is 1. The summed E-state index contributed by atoms with van der Waals surface area (Å²) in [7, 11) is 0. The smallest absolute Gasteiger partial charge is 0.267 e. The van der Waals surface area contributed by atoms with Gasteiger partial charge < -0.3 is 0 Å². The van der Waals surface area contributed by atoms with Gasteiger partial charge in [0.1, 0.15) is 5.56 Å². The number of nitrogens with zero attached hydrogens (tertiary/aromatic N) is 4. The zero-order chi connectivity index (χ0) is 30.8. The molecule has 1 aliphatic rings. The number of hydrogen-bond acceptors (Lipinski definition) is 6. The Hall–Kier alpha value is -6.15. The number of nitrogens with one attached hydrogen (secondary N) is 1. The van der Waals surface area contributed by atoms with E-state index in [0.717, 1.165) is 28.9 Å². The van der Waals surface area contributed by atoms with Crippen molar-refractivity contribution < 1.29 is 9.72 Å². The summed E-state index contributed by atoms with van der Waals surface area (Å²) in [5, 5.41) is 27.4. The maximum atomic E-state index is 12.5. The Kier molecular flexibility index (Phi) is 7.29. The Balaban J connectivity index is 1.22. The summed E-state index contributed by atoms with van der Waals surface area (Å²) in [5.41, 5.74) is 7.08. The van der Waals surface area contributed by atoms with E-state index in [-0.39, 0.29) is 17.3 Å². The Morgan fingerprint density at radius 3 is 2.13 bits per heavy atom. The van der Waals surface area contributed by atoms with Crippen LogP contribution in [0.3, 0.4) is 0 Å². The van der Waals surface area contributed by atoms with Crippen molar-refractivity contribution in [2.45, 2.75) is 12.5 Å². The van der Waals surface area contributed by atoms with Crippen LogP contribution in [0.4, 0.5) is 11.4 Å². The summed E-state index contributed by atoms with van der Waals surface area (Å²) in [6.07, 6.45) is 2.25. The van der Waals surface area contributed by atoms with E-state index in [1.54, 1.807) is 6.07 Å². The van der Waals surface area contributed by atoms with E-state index in [1.807, 2.05) is 42.5 Å². The van der Waals surface area contributed by atoms with Crippen LogP contribution in [0, 0.1) is 10.1 Å². The second-order valence-electron chi connectivity index (χ2n) is 10.8. The number of hydrazone groups is 2. The number of benzene rings is 6. The van der Waals surface area contributed by atoms with Gasteiger partial charge in [-0.25, -0.2) is 5.43 Å². The summed E-state index contributed by atoms with van der Waals surface area (Å²) >= 11 is 0. The topological polar surface area (TPSA) is 100 Å². The van der Waals surface area contributed by atoms with Gasteiger partial charge in [0.25, 0.3) is 11.6 Å². The van der Waals surface area contributed by atoms with Gasteiger partial charge in [0.2, 0.25) is 0 Å². The minimum Gasteiger partial charge on any atom is -0.267 e. The molecule has 0 spiro atoms. The fraction of sp³-hybridized carbons (Fsp3) is 0.0541. The van der Waals surface area contributed by atoms with Crippen molar-refractivity contribution >= 4 is 50.8 Å². The van der Waals surface area contributed by atoms with E-state index in [2.05, 4.69) is 82.3 Å². The van der Waals surface area contributed by atoms with Gasteiger partial charge in [-0.15, -0.1) is 0 Å². The molecule has 0 aromatic heterocycles. The maximum Gasteiger partial charge on any atom is 0.282 e. The Labute approximate surface area is 259 Å². The highest BCUT2D eigenvalue weighted by Gasteiger charge is 2.32. The molecule has 1 unspecified atom stereocenters. The normalized spacial score (nSPS) is 14.6. The van der Waals surface area contributed by atoms with Crippen molar-refractivity contribution in [1.82, 2.24) is 5.43 Å². The largest absolute Gasteiger partial charge is 0.282 e. The molecule has 7 rings (SSSR count). The first-order valence-corrected chi connectivity index (χ1v) is 14.6. The molecule has 0 aliphatic carbocycles. The number of carbonyl (C=O) groups is 1. The first kappa shape index (κ1) is 27.7. The second-order valence-corrected chi connectivity index (χ2v) is 10.8. The third kappa shape index (κ3) is 5.41. The number of amides is 1. The molecule has 1 N–H and O–H groups in total. The van der Waals surface area contributed by atoms with Crippen LogP contribution >= 0.6 is 0 Å². The molecule has 0 saturated carbocycles. The lowest BCUT2D eigenvalue weighted by molar-refractivity contribution is -0.385. The van der Waals surface area contributed by atoms with Crippen LogP contribution in [-0.2, 0) is 0 Å². The summed E-state index contributed by atoms with van der Waals surface area (Å²) in [5.74, 6) is -0.653. The molecule has 6 aromatic carbocycles. The van der Waals surface area contributed by atoms with E-state index in [0.29, 0.717) is 0 Å². The molecular formula is C37H27N5O3. The van der Waals surface area contributed by atoms with Gasteiger partial charge in [-0.2, -0.15) is 10.2 Å².